The summed E-state index contributed by atoms with van der Waals surface area (Å²) in [6, 6.07) is 71.8. The molecule has 9 aromatic carbocycles. The largest absolute Gasteiger partial charge is 0.456 e. The van der Waals surface area contributed by atoms with E-state index in [0.717, 1.165) is 55.7 Å². The van der Waals surface area contributed by atoms with Crippen molar-refractivity contribution in [3.05, 3.63) is 200 Å². The molecule has 1 aromatic heterocycles. The van der Waals surface area contributed by atoms with Crippen molar-refractivity contribution in [3.8, 4) is 33.4 Å². The van der Waals surface area contributed by atoms with Crippen LogP contribution in [0.5, 0.6) is 0 Å². The topological polar surface area (TPSA) is 16.4 Å². The average Bonchev–Trinajstić information content (AvgIpc) is 3.59. The van der Waals surface area contributed by atoms with E-state index in [9.17, 15) is 0 Å². The predicted molar refractivity (Wildman–Crippen MR) is 220 cm³/mol. The fraction of sp³-hybridized carbons (Fsp3) is 0. The molecule has 2 heteroatoms. The van der Waals surface area contributed by atoms with E-state index < -0.39 is 0 Å². The number of nitrogens with zero attached hydrogens (tertiary/aromatic N) is 1. The van der Waals surface area contributed by atoms with E-state index in [2.05, 4.69) is 193 Å². The third-order valence-electron chi connectivity index (χ3n) is 10.2. The normalized spacial score (nSPS) is 11.5. The lowest BCUT2D eigenvalue weighted by molar-refractivity contribution is 0.669. The third kappa shape index (κ3) is 5.12. The minimum absolute atomic E-state index is 0.863. The molecular weight excluding hydrogens is 631 g/mol. The molecule has 0 radical (unpaired) electrons. The molecule has 1 heterocycles. The maximum absolute atomic E-state index is 6.46. The summed E-state index contributed by atoms with van der Waals surface area (Å²) in [5.41, 5.74) is 12.0. The van der Waals surface area contributed by atoms with Gasteiger partial charge in [0.2, 0.25) is 0 Å². The highest BCUT2D eigenvalue weighted by molar-refractivity contribution is 6.14. The third-order valence-corrected chi connectivity index (χ3v) is 10.2. The predicted octanol–water partition coefficient (Wildman–Crippen LogP) is 14.4. The summed E-state index contributed by atoms with van der Waals surface area (Å²) < 4.78 is 6.46. The Kier molecular flexibility index (Phi) is 7.18. The van der Waals surface area contributed by atoms with Crippen LogP contribution in [0.15, 0.2) is 205 Å². The molecule has 0 fully saturated rings. The first-order chi connectivity index (χ1) is 25.8. The lowest BCUT2D eigenvalue weighted by Gasteiger charge is -2.29. The van der Waals surface area contributed by atoms with E-state index in [1.54, 1.807) is 0 Å². The number of fused-ring (bicyclic) bond motifs is 6. The highest BCUT2D eigenvalue weighted by Crippen LogP contribution is 2.45. The first-order valence-corrected chi connectivity index (χ1v) is 17.8. The smallest absolute Gasteiger partial charge is 0.137 e. The molecule has 244 valence electrons. The number of furan rings is 1. The first kappa shape index (κ1) is 30.0. The van der Waals surface area contributed by atoms with Crippen LogP contribution in [0, 0.1) is 0 Å². The Morgan fingerprint density at radius 2 is 0.942 bits per heavy atom. The van der Waals surface area contributed by atoms with E-state index >= 15 is 0 Å². The van der Waals surface area contributed by atoms with Crippen LogP contribution < -0.4 is 4.90 Å². The van der Waals surface area contributed by atoms with Gasteiger partial charge in [-0.15, -0.1) is 0 Å². The summed E-state index contributed by atoms with van der Waals surface area (Å²) in [6.07, 6.45) is 0. The average molecular weight is 664 g/mol. The van der Waals surface area contributed by atoms with Gasteiger partial charge in [-0.2, -0.15) is 0 Å². The maximum Gasteiger partial charge on any atom is 0.137 e. The molecule has 0 saturated heterocycles. The van der Waals surface area contributed by atoms with Gasteiger partial charge in [0.05, 0.1) is 5.69 Å². The molecule has 0 N–H and O–H groups in total. The van der Waals surface area contributed by atoms with E-state index in [1.807, 2.05) is 12.1 Å². The van der Waals surface area contributed by atoms with Crippen LogP contribution in [0.4, 0.5) is 17.1 Å². The number of anilines is 3. The number of benzene rings is 9. The molecule has 0 aliphatic rings. The molecule has 0 amide bonds. The van der Waals surface area contributed by atoms with Crippen molar-refractivity contribution in [1.29, 1.82) is 0 Å². The number of hydrogen-bond acceptors (Lipinski definition) is 2. The zero-order valence-electron chi connectivity index (χ0n) is 28.4. The maximum atomic E-state index is 6.46. The van der Waals surface area contributed by atoms with Gasteiger partial charge in [-0.25, -0.2) is 0 Å². The van der Waals surface area contributed by atoms with Crippen LogP contribution >= 0.6 is 0 Å². The Bertz CT molecular complexity index is 2910. The summed E-state index contributed by atoms with van der Waals surface area (Å²) in [7, 11) is 0. The van der Waals surface area contributed by atoms with Crippen molar-refractivity contribution in [3.63, 3.8) is 0 Å². The van der Waals surface area contributed by atoms with Crippen LogP contribution in [0.3, 0.4) is 0 Å². The Morgan fingerprint density at radius 1 is 0.308 bits per heavy atom. The highest BCUT2D eigenvalue weighted by atomic mass is 16.3. The van der Waals surface area contributed by atoms with Crippen molar-refractivity contribution in [2.75, 3.05) is 4.90 Å². The fourth-order valence-electron chi connectivity index (χ4n) is 7.78. The monoisotopic (exact) mass is 663 g/mol. The number of hydrogen-bond donors (Lipinski definition) is 0. The summed E-state index contributed by atoms with van der Waals surface area (Å²) in [4.78, 5) is 2.39. The molecule has 0 aliphatic carbocycles. The SMILES string of the molecule is c1ccc(-c2ccc(N(c3cccc(-c4cc5ccccc5c5ccccc45)c3)c3ccc4c(c3)oc3ccccc34)c(-c3ccccc3)c2)cc1. The number of rotatable bonds is 6. The zero-order chi connectivity index (χ0) is 34.4. The Hall–Kier alpha value is -6.90. The number of para-hydroxylation sites is 1. The molecule has 52 heavy (non-hydrogen) atoms. The van der Waals surface area contributed by atoms with E-state index in [0.29, 0.717) is 0 Å². The van der Waals surface area contributed by atoms with Gasteiger partial charge in [0, 0.05) is 33.8 Å². The van der Waals surface area contributed by atoms with Crippen LogP contribution in [0.2, 0.25) is 0 Å². The Morgan fingerprint density at radius 3 is 1.77 bits per heavy atom. The van der Waals surface area contributed by atoms with Crippen molar-refractivity contribution in [2.45, 2.75) is 0 Å². The Balaban J connectivity index is 1.22. The second-order valence-corrected chi connectivity index (χ2v) is 13.3. The molecule has 0 aliphatic heterocycles. The zero-order valence-corrected chi connectivity index (χ0v) is 28.4. The molecule has 0 spiro atoms. The van der Waals surface area contributed by atoms with Crippen molar-refractivity contribution < 1.29 is 4.42 Å². The summed E-state index contributed by atoms with van der Waals surface area (Å²) in [5, 5.41) is 7.24. The standard InChI is InChI=1S/C50H33NO/c1-3-14-34(15-4-1)36-26-29-48(47(31-36)35-16-5-2-6-17-35)51(40-27-28-45-44-24-11-12-25-49(44)52-50(45)33-40)39-20-13-19-37(30-39)46-32-38-18-7-8-21-41(38)42-22-9-10-23-43(42)46/h1-33H. The molecule has 0 bridgehead atoms. The van der Waals surface area contributed by atoms with Crippen molar-refractivity contribution >= 4 is 60.5 Å². The van der Waals surface area contributed by atoms with E-state index in [-0.39, 0.29) is 0 Å². The van der Waals surface area contributed by atoms with Crippen molar-refractivity contribution in [1.82, 2.24) is 0 Å². The molecule has 10 rings (SSSR count). The van der Waals surface area contributed by atoms with Gasteiger partial charge >= 0.3 is 0 Å². The van der Waals surface area contributed by atoms with Gasteiger partial charge in [-0.1, -0.05) is 146 Å². The van der Waals surface area contributed by atoms with E-state index in [1.165, 1.54) is 38.2 Å². The van der Waals surface area contributed by atoms with Crippen molar-refractivity contribution in [2.24, 2.45) is 0 Å². The minimum atomic E-state index is 0.863. The van der Waals surface area contributed by atoms with Crippen LogP contribution in [-0.4, -0.2) is 0 Å². The molecule has 2 nitrogen and oxygen atoms in total. The molecule has 10 aromatic rings. The lowest BCUT2D eigenvalue weighted by Crippen LogP contribution is -2.11. The van der Waals surface area contributed by atoms with Crippen LogP contribution in [0.1, 0.15) is 0 Å². The summed E-state index contributed by atoms with van der Waals surface area (Å²) >= 11 is 0. The Labute approximate surface area is 302 Å². The molecule has 0 atom stereocenters. The summed E-state index contributed by atoms with van der Waals surface area (Å²) in [6.45, 7) is 0. The highest BCUT2D eigenvalue weighted by Gasteiger charge is 2.21. The fourth-order valence-corrected chi connectivity index (χ4v) is 7.78. The van der Waals surface area contributed by atoms with E-state index in [4.69, 9.17) is 4.42 Å². The quantitative estimate of drug-likeness (QED) is 0.165. The molecular formula is C50H33NO. The molecule has 0 unspecified atom stereocenters. The van der Waals surface area contributed by atoms with Crippen LogP contribution in [-0.2, 0) is 0 Å². The minimum Gasteiger partial charge on any atom is -0.456 e. The van der Waals surface area contributed by atoms with Gasteiger partial charge in [-0.05, 0) is 97.9 Å². The molecule has 0 saturated carbocycles. The van der Waals surface area contributed by atoms with Crippen LogP contribution in [0.25, 0.3) is 76.9 Å². The second kappa shape index (κ2) is 12.5. The first-order valence-electron chi connectivity index (χ1n) is 17.8. The summed E-state index contributed by atoms with van der Waals surface area (Å²) in [5.74, 6) is 0. The van der Waals surface area contributed by atoms with Gasteiger partial charge < -0.3 is 9.32 Å². The van der Waals surface area contributed by atoms with Gasteiger partial charge in [0.15, 0.2) is 0 Å². The van der Waals surface area contributed by atoms with Gasteiger partial charge in [0.1, 0.15) is 11.2 Å². The lowest BCUT2D eigenvalue weighted by atomic mass is 9.93. The second-order valence-electron chi connectivity index (χ2n) is 13.3. The van der Waals surface area contributed by atoms with Gasteiger partial charge in [0.25, 0.3) is 0 Å². The van der Waals surface area contributed by atoms with Gasteiger partial charge in [-0.3, -0.25) is 0 Å².